The number of ether oxygens (including phenoxy) is 7. The molecule has 5 atom stereocenters. The van der Waals surface area contributed by atoms with Gasteiger partial charge in [-0.25, -0.2) is 13.7 Å². The Labute approximate surface area is 588 Å². The highest BCUT2D eigenvalue weighted by Crippen LogP contribution is 2.38. The van der Waals surface area contributed by atoms with E-state index in [-0.39, 0.29) is 159 Å². The summed E-state index contributed by atoms with van der Waals surface area (Å²) >= 11 is 3.17. The SMILES string of the molecule is C.C.C.C.C.C.C.C.C.C.C.C.C.C.C.C.C.C.CC(SCOCOP(=O)(O)O)c1ccccc1.CCC(SCOCO[P+](=O)O)c1ccccc1.CCCCOCC(OCOP(=O)(O)O)c1ccccc1.CCCCOCOCC(OCOP(=O)(O)O)c1ccccc1. The van der Waals surface area contributed by atoms with Gasteiger partial charge in [-0.2, -0.15) is 0 Å². The Balaban J connectivity index is -0.0000000483. The van der Waals surface area contributed by atoms with Gasteiger partial charge in [-0.15, -0.1) is 28.4 Å². The molecule has 4 aromatic carbocycles. The molecule has 0 aromatic heterocycles. The van der Waals surface area contributed by atoms with Crippen LogP contribution < -0.4 is 0 Å². The average molecular weight is 1480 g/mol. The fourth-order valence-electron chi connectivity index (χ4n) is 5.61. The van der Waals surface area contributed by atoms with Gasteiger partial charge in [0.2, 0.25) is 6.79 Å². The Morgan fingerprint density at radius 1 is 0.404 bits per heavy atom. The quantitative estimate of drug-likeness (QED) is 0.0125. The second-order valence-corrected chi connectivity index (χ2v) is 22.2. The highest BCUT2D eigenvalue weighted by molar-refractivity contribution is 7.99. The molecule has 574 valence electrons. The molecule has 0 heterocycles. The monoisotopic (exact) mass is 1480 g/mol. The average Bonchev–Trinajstić information content (AvgIpc) is 3.63. The van der Waals surface area contributed by atoms with Crippen LogP contribution in [0.5, 0.6) is 0 Å². The Morgan fingerprint density at radius 3 is 1.07 bits per heavy atom. The number of phosphoric acid groups is 3. The van der Waals surface area contributed by atoms with Crippen LogP contribution >= 0.6 is 55.2 Å². The van der Waals surface area contributed by atoms with Crippen molar-refractivity contribution in [2.45, 2.75) is 216 Å². The van der Waals surface area contributed by atoms with Crippen molar-refractivity contribution in [3.05, 3.63) is 144 Å². The summed E-state index contributed by atoms with van der Waals surface area (Å²) in [6.45, 7) is 8.65. The Bertz CT molecular complexity index is 2160. The fraction of sp³-hybridized carbons (Fsp3) is 0.636. The second-order valence-electron chi connectivity index (χ2n) is 15.3. The largest absolute Gasteiger partial charge is 0.697 e. The van der Waals surface area contributed by atoms with Gasteiger partial charge in [0.1, 0.15) is 19.0 Å². The molecule has 0 radical (unpaired) electrons. The molecule has 0 fully saturated rings. The zero-order valence-corrected chi connectivity index (χ0v) is 48.2. The molecular formula is C66H147O22P4S2+. The fourth-order valence-corrected chi connectivity index (χ4v) is 8.01. The van der Waals surface area contributed by atoms with Crippen molar-refractivity contribution >= 4 is 55.2 Å². The molecule has 0 aliphatic rings. The van der Waals surface area contributed by atoms with E-state index in [1.165, 1.54) is 22.9 Å². The highest BCUT2D eigenvalue weighted by Gasteiger charge is 2.20. The predicted octanol–water partition coefficient (Wildman–Crippen LogP) is 22.7. The number of unbranched alkanes of at least 4 members (excludes halogenated alkanes) is 2. The first-order valence-electron chi connectivity index (χ1n) is 23.7. The molecule has 5 unspecified atom stereocenters. The van der Waals surface area contributed by atoms with E-state index in [1.807, 2.05) is 116 Å². The van der Waals surface area contributed by atoms with Gasteiger partial charge in [0.15, 0.2) is 20.4 Å². The number of thioether (sulfide) groups is 2. The molecule has 0 amide bonds. The number of rotatable bonds is 37. The Hall–Kier alpha value is -2.35. The standard InChI is InChI=1S/C14H23O7P.C13H21O6P.C11H15O4PS.C10H15O5PS.18CH4/c1-2-3-9-18-11-19-10-14(13-7-5-4-6-8-13)20-12-21-22(15,16)17;1-2-3-9-17-10-13(12-7-5-4-6-8-12)18-11-19-20(14,15)16;1-2-11(10-6-4-3-5-7-10)17-9-14-8-15-16(12)13;1-9(10-5-3-2-4-6-10)17-8-14-7-15-16(11,12)13;;;;;;;;;;;;;;;;;;/h4-8,14H,2-3,9-12H2,1H3,(H2,15,16,17);4-8,13H,2-3,9-11H2,1H3,(H2,14,15,16);3-7,11H,2,8-9H2,1H3;2-6,9H,7-8H2,1H3,(H2,11,12,13);18*1H4/p+1. The summed E-state index contributed by atoms with van der Waals surface area (Å²) in [6.07, 6.45) is 4.11. The summed E-state index contributed by atoms with van der Waals surface area (Å²) in [4.78, 5) is 59.8. The maximum atomic E-state index is 10.7. The van der Waals surface area contributed by atoms with Crippen molar-refractivity contribution < 1.29 is 104 Å². The minimum absolute atomic E-state index is 0. The Morgan fingerprint density at radius 2 is 0.723 bits per heavy atom. The van der Waals surface area contributed by atoms with Crippen molar-refractivity contribution in [3.63, 3.8) is 0 Å². The van der Waals surface area contributed by atoms with Crippen LogP contribution in [0.2, 0.25) is 0 Å². The number of hydrogen-bond acceptors (Lipinski definition) is 17. The first-order valence-corrected chi connectivity index (χ1v) is 31.5. The van der Waals surface area contributed by atoms with Crippen molar-refractivity contribution in [2.24, 2.45) is 0 Å². The lowest BCUT2D eigenvalue weighted by atomic mass is 10.1. The van der Waals surface area contributed by atoms with Crippen LogP contribution in [0.1, 0.15) is 238 Å². The number of hydrogen-bond donors (Lipinski definition) is 7. The maximum absolute atomic E-state index is 10.7. The minimum Gasteiger partial charge on any atom is -0.378 e. The van der Waals surface area contributed by atoms with E-state index in [0.29, 0.717) is 36.9 Å². The van der Waals surface area contributed by atoms with Crippen LogP contribution in [0.3, 0.4) is 0 Å². The normalized spacial score (nSPS) is 10.8. The zero-order valence-electron chi connectivity index (χ0n) is 43.0. The Kier molecular flexibility index (Phi) is 128. The van der Waals surface area contributed by atoms with E-state index < -0.39 is 64.3 Å². The summed E-state index contributed by atoms with van der Waals surface area (Å²) < 4.78 is 95.8. The van der Waals surface area contributed by atoms with Crippen LogP contribution in [0, 0.1) is 0 Å². The molecular weight excluding hydrogens is 1330 g/mol. The van der Waals surface area contributed by atoms with E-state index >= 15 is 0 Å². The topological polar surface area (TPSA) is 311 Å². The molecule has 4 aromatic rings. The van der Waals surface area contributed by atoms with Gasteiger partial charge in [0.05, 0.1) is 25.1 Å². The van der Waals surface area contributed by atoms with Crippen molar-refractivity contribution in [1.82, 2.24) is 0 Å². The molecule has 0 spiro atoms. The molecule has 7 N–H and O–H groups in total. The van der Waals surface area contributed by atoms with Crippen LogP contribution in [-0.2, 0) is 69.5 Å². The molecule has 22 nitrogen and oxygen atoms in total. The van der Waals surface area contributed by atoms with Gasteiger partial charge in [0.25, 0.3) is 0 Å². The summed E-state index contributed by atoms with van der Waals surface area (Å²) in [7, 11) is -16.1. The van der Waals surface area contributed by atoms with Gasteiger partial charge in [-0.05, 0) is 48.4 Å². The molecule has 4 rings (SSSR count). The summed E-state index contributed by atoms with van der Waals surface area (Å²) in [5, 5.41) is 0.630. The molecule has 0 bridgehead atoms. The smallest absolute Gasteiger partial charge is 0.378 e. The zero-order chi connectivity index (χ0) is 56.3. The molecule has 28 heteroatoms. The van der Waals surface area contributed by atoms with Crippen molar-refractivity contribution in [1.29, 1.82) is 0 Å². The third-order valence-electron chi connectivity index (χ3n) is 9.43. The van der Waals surface area contributed by atoms with Crippen molar-refractivity contribution in [2.75, 3.05) is 72.3 Å². The molecule has 94 heavy (non-hydrogen) atoms. The second kappa shape index (κ2) is 86.7. The lowest BCUT2D eigenvalue weighted by Crippen LogP contribution is -2.15. The van der Waals surface area contributed by atoms with Crippen LogP contribution in [0.15, 0.2) is 121 Å². The predicted molar refractivity (Wildman–Crippen MR) is 410 cm³/mol. The van der Waals surface area contributed by atoms with Crippen LogP contribution in [0.25, 0.3) is 0 Å². The molecule has 0 saturated carbocycles. The number of benzene rings is 4. The van der Waals surface area contributed by atoms with Crippen LogP contribution in [-0.4, -0.2) is 107 Å². The summed E-state index contributed by atoms with van der Waals surface area (Å²) in [6, 6.07) is 38.7. The number of phosphoric ester groups is 3. The van der Waals surface area contributed by atoms with E-state index in [9.17, 15) is 18.3 Å². The third-order valence-corrected chi connectivity index (χ3v) is 13.5. The third kappa shape index (κ3) is 82.1. The minimum atomic E-state index is -4.55. The van der Waals surface area contributed by atoms with Gasteiger partial charge < -0.3 is 62.5 Å². The van der Waals surface area contributed by atoms with E-state index in [4.69, 9.17) is 67.4 Å². The van der Waals surface area contributed by atoms with Gasteiger partial charge in [-0.1, -0.05) is 293 Å². The molecule has 0 saturated heterocycles. The van der Waals surface area contributed by atoms with Crippen LogP contribution in [0.4, 0.5) is 0 Å². The molecule has 0 aliphatic heterocycles. The lowest BCUT2D eigenvalue weighted by Gasteiger charge is -2.18. The highest BCUT2D eigenvalue weighted by atomic mass is 32.2. The lowest BCUT2D eigenvalue weighted by molar-refractivity contribution is -0.117. The first kappa shape index (κ1) is 139. The van der Waals surface area contributed by atoms with E-state index in [0.717, 1.165) is 43.2 Å². The van der Waals surface area contributed by atoms with Crippen molar-refractivity contribution in [3.8, 4) is 0 Å². The first-order chi connectivity index (χ1) is 36.3. The van der Waals surface area contributed by atoms with Gasteiger partial charge in [0, 0.05) is 28.3 Å². The van der Waals surface area contributed by atoms with Gasteiger partial charge in [-0.3, -0.25) is 13.6 Å². The molecule has 0 aliphatic carbocycles. The van der Waals surface area contributed by atoms with E-state index in [2.05, 4.69) is 51.0 Å². The van der Waals surface area contributed by atoms with E-state index in [1.54, 1.807) is 11.8 Å². The maximum Gasteiger partial charge on any atom is 0.697 e. The summed E-state index contributed by atoms with van der Waals surface area (Å²) in [5.74, 6) is 0.757. The summed E-state index contributed by atoms with van der Waals surface area (Å²) in [5.41, 5.74) is 4.14. The van der Waals surface area contributed by atoms with Gasteiger partial charge >= 0.3 is 31.7 Å².